The van der Waals surface area contributed by atoms with Crippen LogP contribution >= 0.6 is 0 Å². The first-order valence-electron chi connectivity index (χ1n) is 6.45. The van der Waals surface area contributed by atoms with Crippen LogP contribution in [0.4, 0.5) is 0 Å². The maximum absolute atomic E-state index is 11.3. The van der Waals surface area contributed by atoms with E-state index in [0.717, 1.165) is 0 Å². The zero-order chi connectivity index (χ0) is 14.6. The van der Waals surface area contributed by atoms with Gasteiger partial charge in [0.15, 0.2) is 8.32 Å². The highest BCUT2D eigenvalue weighted by Crippen LogP contribution is 2.37. The third kappa shape index (κ3) is 5.36. The molecular weight excluding hydrogens is 244 g/mol. The molecule has 0 saturated heterocycles. The molecule has 0 saturated carbocycles. The highest BCUT2D eigenvalue weighted by molar-refractivity contribution is 6.74. The molecule has 4 heteroatoms. The van der Waals surface area contributed by atoms with E-state index < -0.39 is 8.32 Å². The number of hydrogen-bond donors (Lipinski definition) is 0. The second-order valence-electron chi connectivity index (χ2n) is 6.28. The number of hydrogen-bond acceptors (Lipinski definition) is 3. The first-order chi connectivity index (χ1) is 8.01. The van der Waals surface area contributed by atoms with Gasteiger partial charge in [0.25, 0.3) is 0 Å². The Balaban J connectivity index is 4.48. The lowest BCUT2D eigenvalue weighted by Gasteiger charge is -2.37. The summed E-state index contributed by atoms with van der Waals surface area (Å²) in [5.41, 5.74) is 0. The van der Waals surface area contributed by atoms with Gasteiger partial charge in [0.05, 0.1) is 19.1 Å². The molecule has 0 aliphatic carbocycles. The van der Waals surface area contributed by atoms with Gasteiger partial charge in [-0.1, -0.05) is 32.9 Å². The second-order valence-corrected chi connectivity index (χ2v) is 11.0. The van der Waals surface area contributed by atoms with E-state index in [4.69, 9.17) is 4.43 Å². The average molecular weight is 272 g/mol. The Labute approximate surface area is 113 Å². The molecule has 0 fully saturated rings. The van der Waals surface area contributed by atoms with Gasteiger partial charge < -0.3 is 9.16 Å². The summed E-state index contributed by atoms with van der Waals surface area (Å²) in [5.74, 6) is -0.439. The van der Waals surface area contributed by atoms with Crippen LogP contribution in [0, 0.1) is 5.92 Å². The normalized spacial score (nSPS) is 16.7. The highest BCUT2D eigenvalue weighted by Gasteiger charge is 2.38. The summed E-state index contributed by atoms with van der Waals surface area (Å²) in [5, 5.41) is 0.197. The third-order valence-electron chi connectivity index (χ3n) is 3.53. The summed E-state index contributed by atoms with van der Waals surface area (Å²) >= 11 is 0. The van der Waals surface area contributed by atoms with Gasteiger partial charge >= 0.3 is 5.97 Å². The summed E-state index contributed by atoms with van der Waals surface area (Å²) < 4.78 is 10.8. The van der Waals surface area contributed by atoms with E-state index in [1.54, 1.807) is 0 Å². The maximum Gasteiger partial charge on any atom is 0.312 e. The predicted molar refractivity (Wildman–Crippen MR) is 78.1 cm³/mol. The van der Waals surface area contributed by atoms with Crippen molar-refractivity contribution in [2.45, 2.75) is 58.9 Å². The lowest BCUT2D eigenvalue weighted by Crippen LogP contribution is -2.42. The quantitative estimate of drug-likeness (QED) is 0.434. The standard InChI is InChI=1S/C14H28O3Si/c1-11(13(15)16-6)9-10-12(2)17-18(7,8)14(3,4)5/h9-12H,1-8H3/b10-9+/t11-,12-/m1/s1. The predicted octanol–water partition coefficient (Wildman–Crippen LogP) is 3.76. The Morgan fingerprint density at radius 3 is 2.06 bits per heavy atom. The van der Waals surface area contributed by atoms with Gasteiger partial charge in [-0.2, -0.15) is 0 Å². The Morgan fingerprint density at radius 2 is 1.67 bits per heavy atom. The fourth-order valence-corrected chi connectivity index (χ4v) is 2.63. The smallest absolute Gasteiger partial charge is 0.312 e. The van der Waals surface area contributed by atoms with E-state index in [-0.39, 0.29) is 23.0 Å². The molecule has 18 heavy (non-hydrogen) atoms. The molecular formula is C14H28O3Si. The van der Waals surface area contributed by atoms with E-state index in [1.807, 2.05) is 26.0 Å². The van der Waals surface area contributed by atoms with E-state index in [9.17, 15) is 4.79 Å². The molecule has 0 N–H and O–H groups in total. The average Bonchev–Trinajstić information content (AvgIpc) is 2.22. The molecule has 0 spiro atoms. The lowest BCUT2D eigenvalue weighted by atomic mass is 10.1. The molecule has 0 aromatic carbocycles. The topological polar surface area (TPSA) is 35.5 Å². The van der Waals surface area contributed by atoms with Crippen molar-refractivity contribution in [3.63, 3.8) is 0 Å². The summed E-state index contributed by atoms with van der Waals surface area (Å²) in [4.78, 5) is 11.3. The van der Waals surface area contributed by atoms with Crippen LogP contribution in [-0.4, -0.2) is 27.5 Å². The van der Waals surface area contributed by atoms with E-state index in [0.29, 0.717) is 0 Å². The monoisotopic (exact) mass is 272 g/mol. The minimum absolute atomic E-state index is 0.0259. The van der Waals surface area contributed by atoms with E-state index in [2.05, 4.69) is 38.6 Å². The van der Waals surface area contributed by atoms with Crippen LogP contribution in [0.25, 0.3) is 0 Å². The van der Waals surface area contributed by atoms with Gasteiger partial charge in [0.2, 0.25) is 0 Å². The number of methoxy groups -OCH3 is 1. The van der Waals surface area contributed by atoms with Crippen LogP contribution in [0.2, 0.25) is 18.1 Å². The zero-order valence-electron chi connectivity index (χ0n) is 13.0. The van der Waals surface area contributed by atoms with E-state index >= 15 is 0 Å². The van der Waals surface area contributed by atoms with Crippen molar-refractivity contribution in [3.05, 3.63) is 12.2 Å². The molecule has 0 bridgehead atoms. The molecule has 0 aliphatic heterocycles. The molecule has 0 amide bonds. The third-order valence-corrected chi connectivity index (χ3v) is 8.10. The summed E-state index contributed by atoms with van der Waals surface area (Å²) in [6.45, 7) is 14.9. The second kappa shape index (κ2) is 6.52. The van der Waals surface area contributed by atoms with Crippen molar-refractivity contribution < 1.29 is 14.0 Å². The molecule has 0 heterocycles. The van der Waals surface area contributed by atoms with Crippen LogP contribution in [0.1, 0.15) is 34.6 Å². The lowest BCUT2D eigenvalue weighted by molar-refractivity contribution is -0.143. The Bertz CT molecular complexity index is 303. The van der Waals surface area contributed by atoms with E-state index in [1.165, 1.54) is 7.11 Å². The zero-order valence-corrected chi connectivity index (χ0v) is 14.0. The van der Waals surface area contributed by atoms with Gasteiger partial charge in [0, 0.05) is 0 Å². The largest absolute Gasteiger partial charge is 0.469 e. The summed E-state index contributed by atoms with van der Waals surface area (Å²) in [6.07, 6.45) is 3.82. The SMILES string of the molecule is COC(=O)[C@H](C)/C=C/[C@@H](C)O[Si](C)(C)C(C)(C)C. The van der Waals surface area contributed by atoms with Gasteiger partial charge in [-0.25, -0.2) is 0 Å². The van der Waals surface area contributed by atoms with Crippen LogP contribution in [-0.2, 0) is 14.0 Å². The minimum atomic E-state index is -1.74. The minimum Gasteiger partial charge on any atom is -0.469 e. The van der Waals surface area contributed by atoms with Gasteiger partial charge in [0.1, 0.15) is 0 Å². The van der Waals surface area contributed by atoms with Gasteiger partial charge in [-0.05, 0) is 32.0 Å². The Kier molecular flexibility index (Phi) is 6.30. The van der Waals surface area contributed by atoms with Crippen molar-refractivity contribution >= 4 is 14.3 Å². The molecule has 0 aliphatic rings. The number of esters is 1. The van der Waals surface area contributed by atoms with Crippen LogP contribution in [0.5, 0.6) is 0 Å². The molecule has 3 nitrogen and oxygen atoms in total. The van der Waals surface area contributed by atoms with Crippen molar-refractivity contribution in [1.29, 1.82) is 0 Å². The van der Waals surface area contributed by atoms with Gasteiger partial charge in [-0.15, -0.1) is 0 Å². The number of carbonyl (C=O) groups is 1. The molecule has 0 rings (SSSR count). The highest BCUT2D eigenvalue weighted by atomic mass is 28.4. The summed E-state index contributed by atoms with van der Waals surface area (Å²) in [6, 6.07) is 0. The fraction of sp³-hybridized carbons (Fsp3) is 0.786. The van der Waals surface area contributed by atoms with Crippen molar-refractivity contribution in [2.75, 3.05) is 7.11 Å². The number of carbonyl (C=O) groups excluding carboxylic acids is 1. The Hall–Kier alpha value is -0.613. The van der Waals surface area contributed by atoms with Crippen LogP contribution < -0.4 is 0 Å². The summed E-state index contributed by atoms with van der Waals surface area (Å²) in [7, 11) is -0.338. The van der Waals surface area contributed by atoms with Crippen molar-refractivity contribution in [3.8, 4) is 0 Å². The molecule has 0 unspecified atom stereocenters. The van der Waals surface area contributed by atoms with Crippen LogP contribution in [0.15, 0.2) is 12.2 Å². The first-order valence-corrected chi connectivity index (χ1v) is 9.36. The molecule has 0 aromatic heterocycles. The maximum atomic E-state index is 11.3. The molecule has 0 radical (unpaired) electrons. The van der Waals surface area contributed by atoms with Crippen molar-refractivity contribution in [2.24, 2.45) is 5.92 Å². The number of ether oxygens (including phenoxy) is 1. The molecule has 0 aromatic rings. The Morgan fingerprint density at radius 1 is 1.17 bits per heavy atom. The first kappa shape index (κ1) is 17.4. The van der Waals surface area contributed by atoms with Gasteiger partial charge in [-0.3, -0.25) is 4.79 Å². The van der Waals surface area contributed by atoms with Crippen molar-refractivity contribution in [1.82, 2.24) is 0 Å². The fourth-order valence-electron chi connectivity index (χ4n) is 1.27. The molecule has 106 valence electrons. The number of rotatable bonds is 5. The molecule has 2 atom stereocenters. The van der Waals surface area contributed by atoms with Crippen LogP contribution in [0.3, 0.4) is 0 Å².